The van der Waals surface area contributed by atoms with Gasteiger partial charge in [0.25, 0.3) is 0 Å². The summed E-state index contributed by atoms with van der Waals surface area (Å²) < 4.78 is 5.50. The maximum absolute atomic E-state index is 3.75. The molecule has 3 aromatic heterocycles. The molecule has 3 heteroatoms. The Labute approximate surface area is 309 Å². The summed E-state index contributed by atoms with van der Waals surface area (Å²) in [5, 5.41) is 8.12. The molecule has 0 bridgehead atoms. The molecule has 9 rings (SSSR count). The first-order valence-electron chi connectivity index (χ1n) is 18.6. The second-order valence-corrected chi connectivity index (χ2v) is 18.0. The molecule has 0 saturated carbocycles. The molecule has 0 aliphatic carbocycles. The third-order valence-electron chi connectivity index (χ3n) is 11.1. The molecule has 0 unspecified atom stereocenters. The molecule has 0 amide bonds. The van der Waals surface area contributed by atoms with Crippen molar-refractivity contribution in [1.82, 2.24) is 4.98 Å². The van der Waals surface area contributed by atoms with E-state index in [-0.39, 0.29) is 0 Å². The standard InChI is InChI=1S/C48H45NS2/c1-25(2)29-11-15-45-39(17-29)41-23-33(27(5)6)21-35(47(41)50-45)31-9-13-43-37(19-31)38-20-32(10-14-44(38)49-43)36-22-34(28(7)8)24-42-40-18-30(26(3)4)12-16-46(40)51-48(36)42/h9-28,49H,1-8H3. The van der Waals surface area contributed by atoms with E-state index in [1.165, 1.54) is 107 Å². The van der Waals surface area contributed by atoms with Crippen molar-refractivity contribution >= 4 is 84.8 Å². The van der Waals surface area contributed by atoms with E-state index in [9.17, 15) is 0 Å². The highest BCUT2D eigenvalue weighted by atomic mass is 32.1. The van der Waals surface area contributed by atoms with E-state index in [1.54, 1.807) is 0 Å². The summed E-state index contributed by atoms with van der Waals surface area (Å²) in [6, 6.07) is 38.1. The zero-order chi connectivity index (χ0) is 35.3. The number of benzene rings is 6. The maximum atomic E-state index is 3.75. The van der Waals surface area contributed by atoms with E-state index >= 15 is 0 Å². The summed E-state index contributed by atoms with van der Waals surface area (Å²) >= 11 is 3.87. The third kappa shape index (κ3) is 5.31. The molecule has 0 saturated heterocycles. The lowest BCUT2D eigenvalue weighted by Crippen LogP contribution is -1.90. The summed E-state index contributed by atoms with van der Waals surface area (Å²) in [5.41, 5.74) is 13.2. The largest absolute Gasteiger partial charge is 0.355 e. The lowest BCUT2D eigenvalue weighted by Gasteiger charge is -2.12. The van der Waals surface area contributed by atoms with Gasteiger partial charge in [0.1, 0.15) is 0 Å². The number of hydrogen-bond acceptors (Lipinski definition) is 2. The Bertz CT molecular complexity index is 2620. The Morgan fingerprint density at radius 1 is 0.373 bits per heavy atom. The van der Waals surface area contributed by atoms with Crippen LogP contribution in [0.25, 0.3) is 84.4 Å². The zero-order valence-corrected chi connectivity index (χ0v) is 32.5. The molecule has 0 atom stereocenters. The number of fused-ring (bicyclic) bond motifs is 9. The Balaban J connectivity index is 1.25. The highest BCUT2D eigenvalue weighted by Crippen LogP contribution is 2.46. The minimum Gasteiger partial charge on any atom is -0.355 e. The molecule has 0 radical (unpaired) electrons. The average Bonchev–Trinajstić information content (AvgIpc) is 3.80. The van der Waals surface area contributed by atoms with Crippen LogP contribution in [-0.4, -0.2) is 4.98 Å². The molecule has 0 spiro atoms. The Morgan fingerprint density at radius 2 is 0.765 bits per heavy atom. The van der Waals surface area contributed by atoms with Gasteiger partial charge in [-0.3, -0.25) is 0 Å². The monoisotopic (exact) mass is 699 g/mol. The zero-order valence-electron chi connectivity index (χ0n) is 30.9. The second kappa shape index (κ2) is 12.1. The van der Waals surface area contributed by atoms with Gasteiger partial charge >= 0.3 is 0 Å². The number of H-pyrrole nitrogens is 1. The molecule has 0 aliphatic rings. The number of nitrogens with one attached hydrogen (secondary N) is 1. The molecule has 3 heterocycles. The summed E-state index contributed by atoms with van der Waals surface area (Å²) in [6.07, 6.45) is 0. The third-order valence-corrected chi connectivity index (χ3v) is 13.6. The lowest BCUT2D eigenvalue weighted by molar-refractivity contribution is 0.868. The van der Waals surface area contributed by atoms with Crippen molar-refractivity contribution in [2.75, 3.05) is 0 Å². The van der Waals surface area contributed by atoms with Crippen molar-refractivity contribution in [2.45, 2.75) is 79.1 Å². The molecular formula is C48H45NS2. The van der Waals surface area contributed by atoms with E-state index in [0.717, 1.165) is 0 Å². The van der Waals surface area contributed by atoms with Gasteiger partial charge < -0.3 is 4.98 Å². The molecule has 6 aromatic carbocycles. The highest BCUT2D eigenvalue weighted by Gasteiger charge is 2.19. The van der Waals surface area contributed by atoms with Crippen LogP contribution in [0.1, 0.15) is 101 Å². The topological polar surface area (TPSA) is 15.8 Å². The van der Waals surface area contributed by atoms with Crippen molar-refractivity contribution in [3.8, 4) is 22.3 Å². The SMILES string of the molecule is CC(C)c1ccc2sc3c(-c4ccc5[nH]c6ccc(-c7cc(C(C)C)cc8c7sc7ccc(C(C)C)cc78)cc6c5c4)cc(C(C)C)cc3c2c1. The molecule has 9 aromatic rings. The van der Waals surface area contributed by atoms with Crippen molar-refractivity contribution in [2.24, 2.45) is 0 Å². The van der Waals surface area contributed by atoms with E-state index in [1.807, 2.05) is 22.7 Å². The van der Waals surface area contributed by atoms with Crippen molar-refractivity contribution in [1.29, 1.82) is 0 Å². The first-order chi connectivity index (χ1) is 24.5. The Morgan fingerprint density at radius 3 is 1.16 bits per heavy atom. The molecule has 0 fully saturated rings. The van der Waals surface area contributed by atoms with Gasteiger partial charge in [-0.2, -0.15) is 0 Å². The van der Waals surface area contributed by atoms with E-state index in [0.29, 0.717) is 23.7 Å². The first-order valence-corrected chi connectivity index (χ1v) is 20.2. The summed E-state index contributed by atoms with van der Waals surface area (Å²) in [7, 11) is 0. The Kier molecular flexibility index (Phi) is 7.69. The van der Waals surface area contributed by atoms with Gasteiger partial charge in [-0.15, -0.1) is 22.7 Å². The summed E-state index contributed by atoms with van der Waals surface area (Å²) in [4.78, 5) is 3.75. The van der Waals surface area contributed by atoms with Gasteiger partial charge in [0.2, 0.25) is 0 Å². The summed E-state index contributed by atoms with van der Waals surface area (Å²) in [5.74, 6) is 1.90. The maximum Gasteiger partial charge on any atom is 0.0465 e. The van der Waals surface area contributed by atoms with Gasteiger partial charge in [0, 0.05) is 62.2 Å². The van der Waals surface area contributed by atoms with Gasteiger partial charge in [0.15, 0.2) is 0 Å². The lowest BCUT2D eigenvalue weighted by atomic mass is 9.92. The number of hydrogen-bond donors (Lipinski definition) is 1. The van der Waals surface area contributed by atoms with Gasteiger partial charge in [-0.25, -0.2) is 0 Å². The van der Waals surface area contributed by atoms with E-state index < -0.39 is 0 Å². The fourth-order valence-corrected chi connectivity index (χ4v) is 10.3. The molecule has 1 N–H and O–H groups in total. The molecule has 51 heavy (non-hydrogen) atoms. The van der Waals surface area contributed by atoms with Crippen LogP contribution in [-0.2, 0) is 0 Å². The minimum atomic E-state index is 0.445. The normalized spacial score (nSPS) is 12.6. The number of rotatable bonds is 6. The van der Waals surface area contributed by atoms with Crippen molar-refractivity contribution in [3.63, 3.8) is 0 Å². The smallest absolute Gasteiger partial charge is 0.0465 e. The van der Waals surface area contributed by atoms with Crippen molar-refractivity contribution < 1.29 is 0 Å². The number of thiophene rings is 2. The van der Waals surface area contributed by atoms with Crippen LogP contribution in [0.2, 0.25) is 0 Å². The van der Waals surface area contributed by atoms with Gasteiger partial charge in [-0.05, 0) is 141 Å². The van der Waals surface area contributed by atoms with Crippen LogP contribution in [0.5, 0.6) is 0 Å². The summed E-state index contributed by atoms with van der Waals surface area (Å²) in [6.45, 7) is 18.4. The number of aromatic nitrogens is 1. The second-order valence-electron chi connectivity index (χ2n) is 15.9. The quantitative estimate of drug-likeness (QED) is 0.178. The van der Waals surface area contributed by atoms with Crippen LogP contribution in [0.3, 0.4) is 0 Å². The number of aromatic amines is 1. The molecule has 254 valence electrons. The van der Waals surface area contributed by atoms with Crippen LogP contribution in [0.15, 0.2) is 97.1 Å². The van der Waals surface area contributed by atoms with Crippen LogP contribution < -0.4 is 0 Å². The van der Waals surface area contributed by atoms with E-state index in [2.05, 4.69) is 157 Å². The van der Waals surface area contributed by atoms with Crippen LogP contribution in [0.4, 0.5) is 0 Å². The van der Waals surface area contributed by atoms with Gasteiger partial charge in [0.05, 0.1) is 0 Å². The Hall–Kier alpha value is -4.44. The van der Waals surface area contributed by atoms with Crippen LogP contribution >= 0.6 is 22.7 Å². The van der Waals surface area contributed by atoms with E-state index in [4.69, 9.17) is 0 Å². The average molecular weight is 700 g/mol. The predicted molar refractivity (Wildman–Crippen MR) is 229 cm³/mol. The molecule has 0 aliphatic heterocycles. The fraction of sp³-hybridized carbons (Fsp3) is 0.250. The van der Waals surface area contributed by atoms with Gasteiger partial charge in [-0.1, -0.05) is 79.7 Å². The predicted octanol–water partition coefficient (Wildman–Crippen LogP) is 15.9. The molecule has 1 nitrogen and oxygen atoms in total. The van der Waals surface area contributed by atoms with Crippen LogP contribution in [0, 0.1) is 0 Å². The highest BCUT2D eigenvalue weighted by molar-refractivity contribution is 7.26. The molecular weight excluding hydrogens is 655 g/mol. The van der Waals surface area contributed by atoms with Crippen molar-refractivity contribution in [3.05, 3.63) is 119 Å². The first kappa shape index (κ1) is 32.5. The minimum absolute atomic E-state index is 0.445. The fourth-order valence-electron chi connectivity index (χ4n) is 7.88.